The molecule has 228 valence electrons. The molecule has 12 nitrogen and oxygen atoms in total. The number of hydrogen-bond donors (Lipinski definition) is 1. The Labute approximate surface area is 251 Å². The van der Waals surface area contributed by atoms with E-state index < -0.39 is 31.1 Å². The van der Waals surface area contributed by atoms with E-state index in [0.29, 0.717) is 45.8 Å². The van der Waals surface area contributed by atoms with Crippen molar-refractivity contribution in [3.63, 3.8) is 0 Å². The number of ether oxygens (including phenoxy) is 1. The largest absolute Gasteiger partial charge is 0.446 e. The monoisotopic (exact) mass is 627 g/mol. The van der Waals surface area contributed by atoms with Crippen molar-refractivity contribution >= 4 is 47.1 Å². The quantitative estimate of drug-likeness (QED) is 0.154. The van der Waals surface area contributed by atoms with E-state index in [4.69, 9.17) is 18.3 Å². The summed E-state index contributed by atoms with van der Waals surface area (Å²) in [5, 5.41) is 8.18. The minimum Gasteiger partial charge on any atom is -0.446 e. The molecule has 1 N–H and O–H groups in total. The normalized spacial score (nSPS) is 13.6. The van der Waals surface area contributed by atoms with Crippen LogP contribution < -0.4 is 5.32 Å². The summed E-state index contributed by atoms with van der Waals surface area (Å²) in [6, 6.07) is 4.84. The maximum absolute atomic E-state index is 13.9. The molecular formula is C28H34FN7O5SSi. The van der Waals surface area contributed by atoms with Gasteiger partial charge in [0.05, 0.1) is 17.3 Å². The number of carbonyl (C=O) groups is 1. The smallest absolute Gasteiger partial charge is 0.255 e. The molecule has 0 aliphatic rings. The van der Waals surface area contributed by atoms with Crippen LogP contribution in [0.3, 0.4) is 0 Å². The van der Waals surface area contributed by atoms with Crippen molar-refractivity contribution in [2.45, 2.75) is 52.0 Å². The van der Waals surface area contributed by atoms with Gasteiger partial charge in [-0.05, 0) is 31.2 Å². The van der Waals surface area contributed by atoms with Crippen LogP contribution in [0.4, 0.5) is 4.39 Å². The fourth-order valence-electron chi connectivity index (χ4n) is 4.46. The number of aryl methyl sites for hydroxylation is 1. The molecule has 0 aliphatic heterocycles. The number of nitrogens with zero attached hydrogens (tertiary/aromatic N) is 6. The molecule has 1 unspecified atom stereocenters. The first-order chi connectivity index (χ1) is 20.4. The lowest BCUT2D eigenvalue weighted by Crippen LogP contribution is -2.27. The van der Waals surface area contributed by atoms with Crippen molar-refractivity contribution in [1.29, 1.82) is 0 Å². The molecule has 43 heavy (non-hydrogen) atoms. The number of amides is 1. The van der Waals surface area contributed by atoms with Crippen LogP contribution >= 0.6 is 0 Å². The predicted octanol–water partition coefficient (Wildman–Crippen LogP) is 4.73. The van der Waals surface area contributed by atoms with E-state index in [9.17, 15) is 13.4 Å². The lowest BCUT2D eigenvalue weighted by molar-refractivity contribution is 0.0889. The lowest BCUT2D eigenvalue weighted by atomic mass is 10.1. The summed E-state index contributed by atoms with van der Waals surface area (Å²) in [6.07, 6.45) is 6.08. The number of oxazole rings is 1. The molecular weight excluding hydrogens is 594 g/mol. The number of benzene rings is 1. The fourth-order valence-corrected chi connectivity index (χ4v) is 5.50. The molecule has 0 saturated heterocycles. The van der Waals surface area contributed by atoms with Crippen LogP contribution in [-0.4, -0.2) is 60.4 Å². The van der Waals surface area contributed by atoms with Gasteiger partial charge in [-0.15, -0.1) is 0 Å². The first-order valence-corrected chi connectivity index (χ1v) is 18.9. The van der Waals surface area contributed by atoms with E-state index in [1.807, 2.05) is 0 Å². The second-order valence-corrected chi connectivity index (χ2v) is 18.1. The predicted molar refractivity (Wildman–Crippen MR) is 163 cm³/mol. The van der Waals surface area contributed by atoms with E-state index in [0.717, 1.165) is 6.04 Å². The molecule has 0 spiro atoms. The molecule has 0 saturated carbocycles. The maximum atomic E-state index is 13.9. The highest BCUT2D eigenvalue weighted by molar-refractivity contribution is 7.79. The maximum Gasteiger partial charge on any atom is 0.255 e. The molecule has 15 heteroatoms. The number of aromatic nitrogens is 6. The molecule has 2 atom stereocenters. The van der Waals surface area contributed by atoms with Gasteiger partial charge < -0.3 is 19.0 Å². The molecule has 4 heterocycles. The molecule has 0 radical (unpaired) electrons. The van der Waals surface area contributed by atoms with Crippen LogP contribution in [0.5, 0.6) is 0 Å². The first-order valence-electron chi connectivity index (χ1n) is 13.7. The Morgan fingerprint density at radius 3 is 2.79 bits per heavy atom. The summed E-state index contributed by atoms with van der Waals surface area (Å²) < 4.78 is 45.0. The van der Waals surface area contributed by atoms with Gasteiger partial charge in [0.25, 0.3) is 5.91 Å². The third-order valence-corrected chi connectivity index (χ3v) is 8.91. The standard InChI is InChI=1S/C28H34FN7O5SSi/c1-17(28-32-19(14-40-28)15-41-42(3)38)31-27(37)21-13-36(16-39-9-10-43(4,5)6)26-25(21)33-22(12-30-26)24-20-8-7-18(29)11-23(20)35(2)34-24/h7-8,11-14,17H,9-10,15-16H2,1-6H3,(H,31,37)/t17-,42?/m1/s1. The second kappa shape index (κ2) is 12.4. The highest BCUT2D eigenvalue weighted by atomic mass is 32.2. The number of rotatable bonds is 12. The summed E-state index contributed by atoms with van der Waals surface area (Å²) in [5.74, 6) is -0.511. The molecule has 4 aromatic heterocycles. The Morgan fingerprint density at radius 2 is 2.05 bits per heavy atom. The van der Waals surface area contributed by atoms with E-state index in [1.54, 1.807) is 41.7 Å². The van der Waals surface area contributed by atoms with Crippen LogP contribution in [0.15, 0.2) is 41.3 Å². The molecule has 0 bridgehead atoms. The summed E-state index contributed by atoms with van der Waals surface area (Å²) in [6.45, 7) is 9.39. The van der Waals surface area contributed by atoms with Crippen LogP contribution in [0.25, 0.3) is 33.5 Å². The number of nitrogens with one attached hydrogen (secondary N) is 1. The Kier molecular flexibility index (Phi) is 8.87. The highest BCUT2D eigenvalue weighted by Gasteiger charge is 2.24. The van der Waals surface area contributed by atoms with Gasteiger partial charge in [-0.2, -0.15) is 5.10 Å². The topological polar surface area (TPSA) is 139 Å². The van der Waals surface area contributed by atoms with E-state index in [-0.39, 0.29) is 30.6 Å². The summed E-state index contributed by atoms with van der Waals surface area (Å²) in [7, 11) is 0.442. The van der Waals surface area contributed by atoms with Gasteiger partial charge in [0.15, 0.2) is 16.7 Å². The third-order valence-electron chi connectivity index (χ3n) is 6.75. The minimum atomic E-state index is -1.44. The van der Waals surface area contributed by atoms with Gasteiger partial charge >= 0.3 is 0 Å². The van der Waals surface area contributed by atoms with Crippen LogP contribution in [0.2, 0.25) is 25.7 Å². The highest BCUT2D eigenvalue weighted by Crippen LogP contribution is 2.29. The van der Waals surface area contributed by atoms with Gasteiger partial charge in [-0.3, -0.25) is 13.7 Å². The lowest BCUT2D eigenvalue weighted by Gasteiger charge is -2.15. The number of fused-ring (bicyclic) bond motifs is 2. The number of hydrogen-bond acceptors (Lipinski definition) is 9. The van der Waals surface area contributed by atoms with Crippen LogP contribution in [-0.2, 0) is 40.4 Å². The average Bonchev–Trinajstić information content (AvgIpc) is 3.65. The van der Waals surface area contributed by atoms with Gasteiger partial charge in [-0.1, -0.05) is 19.6 Å². The summed E-state index contributed by atoms with van der Waals surface area (Å²) in [4.78, 5) is 27.4. The van der Waals surface area contributed by atoms with Crippen LogP contribution in [0.1, 0.15) is 34.9 Å². The van der Waals surface area contributed by atoms with Gasteiger partial charge in [0.2, 0.25) is 5.89 Å². The zero-order valence-electron chi connectivity index (χ0n) is 24.9. The van der Waals surface area contributed by atoms with E-state index >= 15 is 0 Å². The average molecular weight is 628 g/mol. The molecule has 0 aliphatic carbocycles. The Morgan fingerprint density at radius 1 is 1.26 bits per heavy atom. The van der Waals surface area contributed by atoms with Crippen molar-refractivity contribution in [2.24, 2.45) is 7.05 Å². The fraction of sp³-hybridized carbons (Fsp3) is 0.393. The number of carbonyl (C=O) groups excluding carboxylic acids is 1. The molecule has 0 fully saturated rings. The van der Waals surface area contributed by atoms with Crippen molar-refractivity contribution in [2.75, 3.05) is 12.9 Å². The van der Waals surface area contributed by atoms with E-state index in [1.165, 1.54) is 24.7 Å². The zero-order valence-corrected chi connectivity index (χ0v) is 26.7. The SMILES string of the molecule is C[C@@H](NC(=O)c1cn(COCC[Si](C)(C)C)c2ncc(-c3nn(C)c4cc(F)ccc34)nc12)c1nc(COS(C)=O)co1. The molecule has 1 aromatic carbocycles. The van der Waals surface area contributed by atoms with Gasteiger partial charge in [0.1, 0.15) is 54.1 Å². The Hall–Kier alpha value is -3.79. The minimum absolute atomic E-state index is 0.0195. The summed E-state index contributed by atoms with van der Waals surface area (Å²) >= 11 is -1.44. The number of halogens is 1. The van der Waals surface area contributed by atoms with Gasteiger partial charge in [0, 0.05) is 39.6 Å². The first kappa shape index (κ1) is 30.7. The van der Waals surface area contributed by atoms with Gasteiger partial charge in [-0.25, -0.2) is 23.6 Å². The summed E-state index contributed by atoms with van der Waals surface area (Å²) in [5.41, 5.74) is 3.15. The molecule has 5 rings (SSSR count). The zero-order chi connectivity index (χ0) is 30.9. The van der Waals surface area contributed by atoms with Crippen molar-refractivity contribution in [3.8, 4) is 11.4 Å². The van der Waals surface area contributed by atoms with Crippen molar-refractivity contribution < 1.29 is 26.7 Å². The molecule has 5 aromatic rings. The van der Waals surface area contributed by atoms with Crippen LogP contribution in [0, 0.1) is 5.82 Å². The van der Waals surface area contributed by atoms with Crippen molar-refractivity contribution in [1.82, 2.24) is 34.6 Å². The Balaban J connectivity index is 1.47. The van der Waals surface area contributed by atoms with E-state index in [2.05, 4.69) is 40.0 Å². The third kappa shape index (κ3) is 7.06. The second-order valence-electron chi connectivity index (χ2n) is 11.5. The Bertz CT molecular complexity index is 1810. The van der Waals surface area contributed by atoms with Crippen molar-refractivity contribution in [3.05, 3.63) is 59.8 Å². The molecule has 1 amide bonds.